The van der Waals surface area contributed by atoms with Crippen molar-refractivity contribution in [3.8, 4) is 0 Å². The maximum atomic E-state index is 13.6. The van der Waals surface area contributed by atoms with Gasteiger partial charge in [-0.1, -0.05) is 0 Å². The molecule has 2 heterocycles. The van der Waals surface area contributed by atoms with Gasteiger partial charge in [0.2, 0.25) is 0 Å². The molecule has 27 heavy (non-hydrogen) atoms. The topological polar surface area (TPSA) is 139 Å². The van der Waals surface area contributed by atoms with E-state index < -0.39 is 38.0 Å². The fourth-order valence-corrected chi connectivity index (χ4v) is 3.43. The van der Waals surface area contributed by atoms with Gasteiger partial charge in [0.05, 0.1) is 17.9 Å². The first-order valence-electron chi connectivity index (χ1n) is 7.19. The Morgan fingerprint density at radius 3 is 2.11 bits per heavy atom. The van der Waals surface area contributed by atoms with E-state index in [1.165, 1.54) is 10.9 Å². The highest BCUT2D eigenvalue weighted by molar-refractivity contribution is 7.90. The fourth-order valence-electron chi connectivity index (χ4n) is 2.47. The lowest BCUT2D eigenvalue weighted by molar-refractivity contribution is -0.0510. The molecule has 158 valence electrons. The average molecular weight is 441 g/mol. The summed E-state index contributed by atoms with van der Waals surface area (Å²) in [5.74, 6) is 0. The molecule has 1 aromatic rings. The minimum atomic E-state index is -5.84. The van der Waals surface area contributed by atoms with Gasteiger partial charge in [-0.25, -0.2) is 9.53 Å². The predicted octanol–water partition coefficient (Wildman–Crippen LogP) is -0.134. The van der Waals surface area contributed by atoms with Crippen molar-refractivity contribution in [3.05, 3.63) is 12.4 Å². The average Bonchev–Trinajstić information content (AvgIpc) is 2.80. The molecular formula is C11H19F4N5O5S2. The molecule has 0 aliphatic carbocycles. The van der Waals surface area contributed by atoms with Crippen LogP contribution in [-0.4, -0.2) is 73.9 Å². The number of aromatic nitrogens is 2. The Bertz CT molecular complexity index is 832. The molecule has 0 spiro atoms. The van der Waals surface area contributed by atoms with E-state index in [0.717, 1.165) is 4.31 Å². The van der Waals surface area contributed by atoms with Crippen LogP contribution in [0.2, 0.25) is 0 Å². The van der Waals surface area contributed by atoms with Crippen molar-refractivity contribution >= 4 is 26.0 Å². The summed E-state index contributed by atoms with van der Waals surface area (Å²) in [6.45, 7) is 0.744. The second-order valence-corrected chi connectivity index (χ2v) is 8.68. The van der Waals surface area contributed by atoms with Crippen LogP contribution >= 0.6 is 0 Å². The lowest BCUT2D eigenvalue weighted by Gasteiger charge is -2.38. The van der Waals surface area contributed by atoms with E-state index in [0.29, 0.717) is 18.8 Å². The Hall–Kier alpha value is -1.49. The molecule has 16 heteroatoms. The number of halogens is 4. The first kappa shape index (κ1) is 23.5. The van der Waals surface area contributed by atoms with Crippen molar-refractivity contribution < 1.29 is 39.0 Å². The number of nitrogens with zero attached hydrogens (tertiary/aromatic N) is 4. The molecule has 3 N–H and O–H groups in total. The number of piperidine rings is 1. The zero-order valence-electron chi connectivity index (χ0n) is 14.2. The molecule has 0 unspecified atom stereocenters. The summed E-state index contributed by atoms with van der Waals surface area (Å²) in [5, 5.41) is 9.19. The van der Waals surface area contributed by atoms with Gasteiger partial charge in [0.25, 0.3) is 10.2 Å². The fraction of sp³-hybridized carbons (Fsp3) is 0.727. The first-order chi connectivity index (χ1) is 12.0. The third-order valence-electron chi connectivity index (χ3n) is 3.40. The number of likely N-dealkylation sites (N-methyl/N-ethyl adjacent to an activating group) is 1. The molecule has 1 aliphatic rings. The molecular weight excluding hydrogens is 422 g/mol. The van der Waals surface area contributed by atoms with Crippen LogP contribution in [0, 0.1) is 0 Å². The minimum Gasteiger partial charge on any atom is -0.301 e. The summed E-state index contributed by atoms with van der Waals surface area (Å²) < 4.78 is 97.3. The lowest BCUT2D eigenvalue weighted by atomic mass is 10.0. The quantitative estimate of drug-likeness (QED) is 0.378. The third kappa shape index (κ3) is 6.87. The molecule has 1 aliphatic heterocycles. The number of alkyl halides is 4. The van der Waals surface area contributed by atoms with Gasteiger partial charge < -0.3 is 4.90 Å². The molecule has 2 atom stereocenters. The van der Waals surface area contributed by atoms with E-state index in [1.54, 1.807) is 25.2 Å². The number of rotatable bonds is 3. The Kier molecular flexibility index (Phi) is 7.20. The lowest BCUT2D eigenvalue weighted by Crippen LogP contribution is -2.54. The molecule has 0 bridgehead atoms. The molecule has 0 amide bonds. The summed E-state index contributed by atoms with van der Waals surface area (Å²) in [6, 6.07) is -0.520. The van der Waals surface area contributed by atoms with E-state index in [1.807, 2.05) is 0 Å². The number of hydrogen-bond acceptors (Lipinski definition) is 6. The zero-order chi connectivity index (χ0) is 21.2. The van der Waals surface area contributed by atoms with E-state index in [2.05, 4.69) is 5.10 Å². The van der Waals surface area contributed by atoms with Crippen LogP contribution in [0.15, 0.2) is 12.4 Å². The predicted molar refractivity (Wildman–Crippen MR) is 87.2 cm³/mol. The number of likely N-dealkylation sites (tertiary alicyclic amines) is 1. The van der Waals surface area contributed by atoms with Crippen LogP contribution in [0.4, 0.5) is 23.2 Å². The maximum absolute atomic E-state index is 13.6. The van der Waals surface area contributed by atoms with Gasteiger partial charge in [-0.3, -0.25) is 13.5 Å². The molecule has 1 fully saturated rings. The highest BCUT2D eigenvalue weighted by Crippen LogP contribution is 2.25. The maximum Gasteiger partial charge on any atom is 0.522 e. The summed E-state index contributed by atoms with van der Waals surface area (Å²) in [4.78, 5) is 1.76. The van der Waals surface area contributed by atoms with E-state index >= 15 is 0 Å². The molecule has 2 rings (SSSR count). The smallest absolute Gasteiger partial charge is 0.301 e. The van der Waals surface area contributed by atoms with Crippen LogP contribution in [0.3, 0.4) is 0 Å². The van der Waals surface area contributed by atoms with Crippen LogP contribution in [0.1, 0.15) is 6.42 Å². The SMILES string of the molecule is CN1C[C@@H](F)C[C@@H](N(c2cnn(C)c2)S(N)(=O)=O)C1.O=S(=O)(O)C(F)(F)F. The molecule has 1 saturated heterocycles. The van der Waals surface area contributed by atoms with Gasteiger partial charge in [-0.2, -0.15) is 35.1 Å². The minimum absolute atomic E-state index is 0.135. The van der Waals surface area contributed by atoms with Gasteiger partial charge in [-0.15, -0.1) is 0 Å². The largest absolute Gasteiger partial charge is 0.522 e. The second kappa shape index (κ2) is 8.26. The van der Waals surface area contributed by atoms with Crippen LogP contribution < -0.4 is 9.44 Å². The van der Waals surface area contributed by atoms with Crippen LogP contribution in [-0.2, 0) is 27.4 Å². The van der Waals surface area contributed by atoms with Gasteiger partial charge in [0, 0.05) is 32.8 Å². The van der Waals surface area contributed by atoms with Crippen molar-refractivity contribution in [2.45, 2.75) is 24.1 Å². The monoisotopic (exact) mass is 441 g/mol. The number of hydrogen-bond donors (Lipinski definition) is 2. The Morgan fingerprint density at radius 1 is 1.26 bits per heavy atom. The molecule has 0 radical (unpaired) electrons. The highest BCUT2D eigenvalue weighted by Gasteiger charge is 2.44. The Labute approximate surface area is 153 Å². The summed E-state index contributed by atoms with van der Waals surface area (Å²) >= 11 is 0. The van der Waals surface area contributed by atoms with Gasteiger partial charge in [0.1, 0.15) is 6.17 Å². The highest BCUT2D eigenvalue weighted by atomic mass is 32.2. The van der Waals surface area contributed by atoms with Gasteiger partial charge in [-0.05, 0) is 7.05 Å². The summed E-state index contributed by atoms with van der Waals surface area (Å²) in [7, 11) is -6.38. The second-order valence-electron chi connectivity index (χ2n) is 5.84. The van der Waals surface area contributed by atoms with E-state index in [4.69, 9.17) is 18.1 Å². The molecule has 10 nitrogen and oxygen atoms in total. The van der Waals surface area contributed by atoms with Crippen molar-refractivity contribution in [1.82, 2.24) is 14.7 Å². The number of aryl methyl sites for hydroxylation is 1. The Morgan fingerprint density at radius 2 is 1.78 bits per heavy atom. The van der Waals surface area contributed by atoms with Crippen LogP contribution in [0.25, 0.3) is 0 Å². The number of anilines is 1. The molecule has 1 aromatic heterocycles. The van der Waals surface area contributed by atoms with Crippen molar-refractivity contribution in [1.29, 1.82) is 0 Å². The van der Waals surface area contributed by atoms with Crippen molar-refractivity contribution in [3.63, 3.8) is 0 Å². The van der Waals surface area contributed by atoms with Crippen molar-refractivity contribution in [2.24, 2.45) is 12.2 Å². The van der Waals surface area contributed by atoms with Gasteiger partial charge in [0.15, 0.2) is 0 Å². The normalized spacial score (nSPS) is 22.1. The Balaban J connectivity index is 0.000000387. The van der Waals surface area contributed by atoms with Crippen LogP contribution in [0.5, 0.6) is 0 Å². The van der Waals surface area contributed by atoms with E-state index in [-0.39, 0.29) is 6.42 Å². The number of nitrogens with two attached hydrogens (primary N) is 1. The standard InChI is InChI=1S/C10H18FN5O2S.CHF3O3S/c1-14-5-8(11)3-9(6-14)16(19(12,17)18)10-4-13-15(2)7-10;2-1(3,4)8(5,6)7/h4,7-9H,3,5-6H2,1-2H3,(H2,12,17,18);(H,5,6,7)/t8-,9+;/m0./s1. The zero-order valence-corrected chi connectivity index (χ0v) is 15.8. The molecule has 0 aromatic carbocycles. The van der Waals surface area contributed by atoms with E-state index in [9.17, 15) is 26.0 Å². The summed E-state index contributed by atoms with van der Waals surface area (Å²) in [5.41, 5.74) is -5.18. The summed E-state index contributed by atoms with van der Waals surface area (Å²) in [6.07, 6.45) is 2.03. The third-order valence-corrected chi connectivity index (χ3v) is 5.05. The van der Waals surface area contributed by atoms with Crippen molar-refractivity contribution in [2.75, 3.05) is 24.4 Å². The molecule has 0 saturated carbocycles. The van der Waals surface area contributed by atoms with Gasteiger partial charge >= 0.3 is 15.6 Å². The first-order valence-corrected chi connectivity index (χ1v) is 10.1.